The molecule has 2 N–H and O–H groups in total. The summed E-state index contributed by atoms with van der Waals surface area (Å²) >= 11 is 0. The highest BCUT2D eigenvalue weighted by molar-refractivity contribution is 7.54. The van der Waals surface area contributed by atoms with E-state index in [1.165, 1.54) is 0 Å². The van der Waals surface area contributed by atoms with Crippen LogP contribution >= 0.6 is 7.60 Å². The van der Waals surface area contributed by atoms with Crippen LogP contribution in [0.25, 0.3) is 0 Å². The zero-order valence-corrected chi connectivity index (χ0v) is 11.8. The predicted octanol–water partition coefficient (Wildman–Crippen LogP) is 2.00. The summed E-state index contributed by atoms with van der Waals surface area (Å²) in [5.41, 5.74) is 0. The van der Waals surface area contributed by atoms with Crippen LogP contribution in [0.2, 0.25) is 0 Å². The van der Waals surface area contributed by atoms with Crippen molar-refractivity contribution in [1.29, 1.82) is 0 Å². The third-order valence-electron chi connectivity index (χ3n) is 2.14. The number of rotatable bonds is 10. The molecule has 0 bridgehead atoms. The normalized spacial score (nSPS) is 15.3. The van der Waals surface area contributed by atoms with Crippen LogP contribution in [0.15, 0.2) is 0 Å². The fraction of sp³-hybridized carbons (Fsp3) is 0.900. The number of hydrogen-bond acceptors (Lipinski definition) is 5. The lowest BCUT2D eigenvalue weighted by atomic mass is 10.2. The molecular weight excluding hydrogens is 264 g/mol. The summed E-state index contributed by atoms with van der Waals surface area (Å²) in [7, 11) is -3.90. The van der Waals surface area contributed by atoms with Gasteiger partial charge in [0.25, 0.3) is 0 Å². The van der Waals surface area contributed by atoms with Gasteiger partial charge in [-0.1, -0.05) is 6.92 Å². The van der Waals surface area contributed by atoms with Crippen LogP contribution in [0.3, 0.4) is 0 Å². The average Bonchev–Trinajstić information content (AvgIpc) is 2.28. The van der Waals surface area contributed by atoms with Crippen LogP contribution in [-0.2, 0) is 18.4 Å². The zero-order valence-electron chi connectivity index (χ0n) is 10.9. The van der Waals surface area contributed by atoms with Crippen molar-refractivity contribution < 1.29 is 27.9 Å². The van der Waals surface area contributed by atoms with Gasteiger partial charge in [0.2, 0.25) is 5.91 Å². The number of alkyl halides is 1. The Kier molecular flexibility index (Phi) is 8.35. The standard InChI is InChI=1S/C10H21FNO5P/c1-4-12-8(10(13)14)7-9(11)18(15,16-5-2)17-6-3/h8-9,12H,4-7H2,1-3H3,(H,13,14)/t8-,9+/m0/s1. The maximum atomic E-state index is 13.9. The molecule has 0 heterocycles. The van der Waals surface area contributed by atoms with Gasteiger partial charge in [0.05, 0.1) is 13.2 Å². The second-order valence-electron chi connectivity index (χ2n) is 3.49. The number of likely N-dealkylation sites (N-methyl/N-ethyl adjacent to an activating group) is 1. The lowest BCUT2D eigenvalue weighted by Gasteiger charge is -2.23. The fourth-order valence-corrected chi connectivity index (χ4v) is 2.99. The predicted molar refractivity (Wildman–Crippen MR) is 65.5 cm³/mol. The first kappa shape index (κ1) is 17.5. The highest BCUT2D eigenvalue weighted by Gasteiger charge is 2.38. The van der Waals surface area contributed by atoms with Crippen LogP contribution in [0.1, 0.15) is 27.2 Å². The molecule has 0 aromatic carbocycles. The highest BCUT2D eigenvalue weighted by atomic mass is 31.2. The molecule has 0 unspecified atom stereocenters. The van der Waals surface area contributed by atoms with Crippen LogP contribution in [0, 0.1) is 0 Å². The molecule has 0 aliphatic rings. The molecule has 0 aromatic rings. The van der Waals surface area contributed by atoms with Crippen molar-refractivity contribution in [1.82, 2.24) is 5.32 Å². The molecule has 108 valence electrons. The molecule has 18 heavy (non-hydrogen) atoms. The van der Waals surface area contributed by atoms with E-state index in [0.29, 0.717) is 6.54 Å². The van der Waals surface area contributed by atoms with Crippen molar-refractivity contribution in [3.8, 4) is 0 Å². The Morgan fingerprint density at radius 3 is 2.17 bits per heavy atom. The van der Waals surface area contributed by atoms with Crippen LogP contribution in [0.4, 0.5) is 4.39 Å². The number of halogens is 1. The van der Waals surface area contributed by atoms with E-state index < -0.39 is 31.9 Å². The van der Waals surface area contributed by atoms with Gasteiger partial charge in [-0.25, -0.2) is 4.39 Å². The highest BCUT2D eigenvalue weighted by Crippen LogP contribution is 2.55. The molecule has 0 radical (unpaired) electrons. The maximum Gasteiger partial charge on any atom is 0.364 e. The Morgan fingerprint density at radius 2 is 1.83 bits per heavy atom. The zero-order chi connectivity index (χ0) is 14.2. The molecule has 0 spiro atoms. The summed E-state index contributed by atoms with van der Waals surface area (Å²) in [4.78, 5) is 10.9. The molecule has 6 nitrogen and oxygen atoms in total. The second kappa shape index (κ2) is 8.58. The van der Waals surface area contributed by atoms with E-state index in [1.807, 2.05) is 0 Å². The maximum absolute atomic E-state index is 13.9. The third kappa shape index (κ3) is 5.44. The summed E-state index contributed by atoms with van der Waals surface area (Å²) in [6.07, 6.45) is -0.458. The van der Waals surface area contributed by atoms with E-state index in [0.717, 1.165) is 0 Å². The van der Waals surface area contributed by atoms with Gasteiger partial charge < -0.3 is 19.5 Å². The molecular formula is C10H21FNO5P. The van der Waals surface area contributed by atoms with Gasteiger partial charge in [-0.15, -0.1) is 0 Å². The third-order valence-corrected chi connectivity index (χ3v) is 4.27. The summed E-state index contributed by atoms with van der Waals surface area (Å²) in [5, 5.41) is 11.5. The fourth-order valence-electron chi connectivity index (χ4n) is 1.40. The van der Waals surface area contributed by atoms with E-state index >= 15 is 0 Å². The summed E-state index contributed by atoms with van der Waals surface area (Å²) in [6.45, 7) is 5.28. The number of hydrogen-bond donors (Lipinski definition) is 2. The van der Waals surface area contributed by atoms with Gasteiger partial charge in [0.1, 0.15) is 6.04 Å². The lowest BCUT2D eigenvalue weighted by molar-refractivity contribution is -0.139. The summed E-state index contributed by atoms with van der Waals surface area (Å²) < 4.78 is 35.6. The minimum atomic E-state index is -3.90. The van der Waals surface area contributed by atoms with E-state index in [4.69, 9.17) is 14.2 Å². The molecule has 0 saturated carbocycles. The molecule has 8 heteroatoms. The van der Waals surface area contributed by atoms with Gasteiger partial charge in [-0.3, -0.25) is 9.36 Å². The van der Waals surface area contributed by atoms with E-state index in [9.17, 15) is 13.8 Å². The molecule has 0 fully saturated rings. The number of carboxylic acid groups (broad SMARTS) is 1. The smallest absolute Gasteiger partial charge is 0.364 e. The molecule has 0 rings (SSSR count). The number of nitrogens with one attached hydrogen (secondary N) is 1. The van der Waals surface area contributed by atoms with Gasteiger partial charge >= 0.3 is 13.6 Å². The Hall–Kier alpha value is -0.490. The van der Waals surface area contributed by atoms with Gasteiger partial charge in [0, 0.05) is 6.42 Å². The van der Waals surface area contributed by atoms with Crippen molar-refractivity contribution in [2.45, 2.75) is 39.1 Å². The number of carbonyl (C=O) groups is 1. The first-order valence-corrected chi connectivity index (χ1v) is 7.51. The number of aliphatic carboxylic acids is 1. The molecule has 2 atom stereocenters. The largest absolute Gasteiger partial charge is 0.480 e. The molecule has 0 amide bonds. The Balaban J connectivity index is 4.71. The van der Waals surface area contributed by atoms with Crippen molar-refractivity contribution in [2.75, 3.05) is 19.8 Å². The van der Waals surface area contributed by atoms with Crippen molar-refractivity contribution in [2.24, 2.45) is 0 Å². The number of carboxylic acids is 1. The molecule has 0 saturated heterocycles. The van der Waals surface area contributed by atoms with E-state index in [-0.39, 0.29) is 13.2 Å². The molecule has 0 aliphatic heterocycles. The quantitative estimate of drug-likeness (QED) is 0.597. The molecule has 0 aromatic heterocycles. The average molecular weight is 285 g/mol. The Morgan fingerprint density at radius 1 is 1.33 bits per heavy atom. The van der Waals surface area contributed by atoms with Gasteiger partial charge in [-0.2, -0.15) is 0 Å². The second-order valence-corrected chi connectivity index (χ2v) is 5.65. The van der Waals surface area contributed by atoms with Crippen molar-refractivity contribution >= 4 is 13.6 Å². The van der Waals surface area contributed by atoms with E-state index in [2.05, 4.69) is 5.32 Å². The van der Waals surface area contributed by atoms with E-state index in [1.54, 1.807) is 20.8 Å². The summed E-state index contributed by atoms with van der Waals surface area (Å²) in [5.74, 6) is -3.16. The SMILES string of the molecule is CCN[C@@H](C[C@H](F)P(=O)(OCC)OCC)C(=O)O. The molecule has 0 aliphatic carbocycles. The Bertz CT molecular complexity index is 292. The minimum absolute atomic E-state index is 0.0383. The van der Waals surface area contributed by atoms with Crippen molar-refractivity contribution in [3.63, 3.8) is 0 Å². The van der Waals surface area contributed by atoms with Crippen LogP contribution in [0.5, 0.6) is 0 Å². The first-order chi connectivity index (χ1) is 8.41. The Labute approximate surface area is 106 Å². The van der Waals surface area contributed by atoms with Gasteiger partial charge in [-0.05, 0) is 20.4 Å². The summed E-state index contributed by atoms with van der Waals surface area (Å²) in [6, 6.07) is -1.11. The van der Waals surface area contributed by atoms with Crippen LogP contribution in [-0.4, -0.2) is 42.8 Å². The monoisotopic (exact) mass is 285 g/mol. The minimum Gasteiger partial charge on any atom is -0.480 e. The van der Waals surface area contributed by atoms with Crippen LogP contribution < -0.4 is 5.32 Å². The topological polar surface area (TPSA) is 84.9 Å². The van der Waals surface area contributed by atoms with Gasteiger partial charge in [0.15, 0.2) is 0 Å². The lowest BCUT2D eigenvalue weighted by Crippen LogP contribution is -2.38. The van der Waals surface area contributed by atoms with Crippen molar-refractivity contribution in [3.05, 3.63) is 0 Å². The first-order valence-electron chi connectivity index (χ1n) is 5.90.